The zero-order valence-electron chi connectivity index (χ0n) is 13.5. The molecule has 0 radical (unpaired) electrons. The van der Waals surface area contributed by atoms with Crippen LogP contribution in [0.25, 0.3) is 11.1 Å². The quantitative estimate of drug-likeness (QED) is 0.847. The molecule has 0 fully saturated rings. The highest BCUT2D eigenvalue weighted by molar-refractivity contribution is 5.73. The molecule has 2 aromatic rings. The van der Waals surface area contributed by atoms with Gasteiger partial charge in [-0.1, -0.05) is 39.7 Å². The van der Waals surface area contributed by atoms with Gasteiger partial charge in [-0.25, -0.2) is 4.79 Å². The van der Waals surface area contributed by atoms with E-state index < -0.39 is 0 Å². The SMILES string of the molecule is CCCNC(c1ccc2c(c1)oc(=O)n2C)C(CC)CC. The molecule has 1 unspecified atom stereocenters. The van der Waals surface area contributed by atoms with Crippen LogP contribution in [0.2, 0.25) is 0 Å². The fraction of sp³-hybridized carbons (Fsp3) is 0.588. The maximum atomic E-state index is 11.6. The maximum Gasteiger partial charge on any atom is 0.419 e. The number of hydrogen-bond donors (Lipinski definition) is 1. The van der Waals surface area contributed by atoms with Crippen LogP contribution in [0.1, 0.15) is 51.6 Å². The first-order chi connectivity index (χ1) is 10.1. The average molecular weight is 290 g/mol. The van der Waals surface area contributed by atoms with Crippen LogP contribution in [0.4, 0.5) is 0 Å². The van der Waals surface area contributed by atoms with Gasteiger partial charge >= 0.3 is 5.76 Å². The summed E-state index contributed by atoms with van der Waals surface area (Å²) in [6.45, 7) is 7.64. The number of aromatic nitrogens is 1. The number of fused-ring (bicyclic) bond motifs is 1. The van der Waals surface area contributed by atoms with E-state index in [-0.39, 0.29) is 5.76 Å². The van der Waals surface area contributed by atoms with Crippen LogP contribution < -0.4 is 11.1 Å². The van der Waals surface area contributed by atoms with Gasteiger partial charge in [0.2, 0.25) is 0 Å². The van der Waals surface area contributed by atoms with E-state index in [4.69, 9.17) is 4.42 Å². The van der Waals surface area contributed by atoms with Gasteiger partial charge in [-0.2, -0.15) is 0 Å². The molecule has 116 valence electrons. The molecule has 1 aromatic heterocycles. The summed E-state index contributed by atoms with van der Waals surface area (Å²) in [4.78, 5) is 11.6. The minimum atomic E-state index is -0.303. The molecule has 2 rings (SSSR count). The van der Waals surface area contributed by atoms with Crippen molar-refractivity contribution in [2.45, 2.75) is 46.1 Å². The van der Waals surface area contributed by atoms with Gasteiger partial charge in [0.25, 0.3) is 0 Å². The summed E-state index contributed by atoms with van der Waals surface area (Å²) < 4.78 is 6.87. The van der Waals surface area contributed by atoms with Crippen molar-refractivity contribution in [3.63, 3.8) is 0 Å². The second kappa shape index (κ2) is 6.94. The van der Waals surface area contributed by atoms with Gasteiger partial charge < -0.3 is 9.73 Å². The van der Waals surface area contributed by atoms with E-state index in [0.29, 0.717) is 17.5 Å². The highest BCUT2D eigenvalue weighted by atomic mass is 16.4. The molecule has 1 aromatic carbocycles. The molecule has 4 heteroatoms. The number of rotatable bonds is 7. The van der Waals surface area contributed by atoms with Crippen LogP contribution in [0.5, 0.6) is 0 Å². The Bertz CT molecular complexity index is 638. The molecule has 0 saturated heterocycles. The Morgan fingerprint density at radius 1 is 1.24 bits per heavy atom. The number of nitrogens with zero attached hydrogens (tertiary/aromatic N) is 1. The van der Waals surface area contributed by atoms with Gasteiger partial charge in [-0.15, -0.1) is 0 Å². The van der Waals surface area contributed by atoms with Crippen LogP contribution >= 0.6 is 0 Å². The van der Waals surface area contributed by atoms with Crippen LogP contribution in [0, 0.1) is 5.92 Å². The fourth-order valence-corrected chi connectivity index (χ4v) is 2.96. The molecule has 21 heavy (non-hydrogen) atoms. The van der Waals surface area contributed by atoms with Gasteiger partial charge in [-0.05, 0) is 36.6 Å². The molecular weight excluding hydrogens is 264 g/mol. The van der Waals surface area contributed by atoms with Crippen LogP contribution in [-0.4, -0.2) is 11.1 Å². The van der Waals surface area contributed by atoms with Crippen LogP contribution in [-0.2, 0) is 7.05 Å². The van der Waals surface area contributed by atoms with Gasteiger partial charge in [0, 0.05) is 13.1 Å². The monoisotopic (exact) mass is 290 g/mol. The lowest BCUT2D eigenvalue weighted by Gasteiger charge is -2.27. The number of nitrogens with one attached hydrogen (secondary N) is 1. The summed E-state index contributed by atoms with van der Waals surface area (Å²) in [5.41, 5.74) is 2.73. The Balaban J connectivity index is 2.41. The molecule has 1 heterocycles. The topological polar surface area (TPSA) is 47.2 Å². The Hall–Kier alpha value is -1.55. The molecule has 0 saturated carbocycles. The Kier molecular flexibility index (Phi) is 5.23. The summed E-state index contributed by atoms with van der Waals surface area (Å²) in [6.07, 6.45) is 3.38. The van der Waals surface area contributed by atoms with Crippen molar-refractivity contribution in [1.29, 1.82) is 0 Å². The van der Waals surface area contributed by atoms with E-state index >= 15 is 0 Å². The molecule has 0 spiro atoms. The summed E-state index contributed by atoms with van der Waals surface area (Å²) >= 11 is 0. The van der Waals surface area contributed by atoms with Crippen molar-refractivity contribution in [2.75, 3.05) is 6.54 Å². The van der Waals surface area contributed by atoms with Gasteiger partial charge in [0.05, 0.1) is 5.52 Å². The molecule has 1 atom stereocenters. The Labute approximate surface area is 126 Å². The predicted octanol–water partition coefficient (Wildman–Crippen LogP) is 3.61. The third kappa shape index (κ3) is 3.21. The number of hydrogen-bond acceptors (Lipinski definition) is 3. The third-order valence-corrected chi connectivity index (χ3v) is 4.31. The lowest BCUT2D eigenvalue weighted by molar-refractivity contribution is 0.341. The molecule has 0 bridgehead atoms. The second-order valence-corrected chi connectivity index (χ2v) is 5.66. The van der Waals surface area contributed by atoms with Crippen LogP contribution in [0.15, 0.2) is 27.4 Å². The van der Waals surface area contributed by atoms with E-state index in [1.165, 1.54) is 5.56 Å². The first kappa shape index (κ1) is 15.8. The molecule has 1 N–H and O–H groups in total. The Morgan fingerprint density at radius 3 is 2.57 bits per heavy atom. The molecule has 0 amide bonds. The summed E-state index contributed by atoms with van der Waals surface area (Å²) in [5, 5.41) is 3.65. The zero-order chi connectivity index (χ0) is 15.4. The van der Waals surface area contributed by atoms with Crippen molar-refractivity contribution in [2.24, 2.45) is 13.0 Å². The first-order valence-corrected chi connectivity index (χ1v) is 7.95. The smallest absolute Gasteiger partial charge is 0.408 e. The molecule has 0 aliphatic heterocycles. The summed E-state index contributed by atoms with van der Waals surface area (Å²) in [7, 11) is 1.74. The largest absolute Gasteiger partial charge is 0.419 e. The van der Waals surface area contributed by atoms with E-state index in [0.717, 1.165) is 31.3 Å². The Morgan fingerprint density at radius 2 is 1.95 bits per heavy atom. The van der Waals surface area contributed by atoms with Crippen molar-refractivity contribution < 1.29 is 4.42 Å². The van der Waals surface area contributed by atoms with E-state index in [1.54, 1.807) is 11.6 Å². The number of aryl methyl sites for hydroxylation is 1. The maximum absolute atomic E-state index is 11.6. The van der Waals surface area contributed by atoms with Gasteiger partial charge in [0.1, 0.15) is 0 Å². The summed E-state index contributed by atoms with van der Waals surface area (Å²) in [6, 6.07) is 6.43. The van der Waals surface area contributed by atoms with E-state index in [1.807, 2.05) is 12.1 Å². The number of benzene rings is 1. The summed E-state index contributed by atoms with van der Waals surface area (Å²) in [5.74, 6) is 0.284. The van der Waals surface area contributed by atoms with Crippen LogP contribution in [0.3, 0.4) is 0 Å². The van der Waals surface area contributed by atoms with Crippen molar-refractivity contribution in [3.05, 3.63) is 34.3 Å². The minimum absolute atomic E-state index is 0.303. The number of oxazole rings is 1. The minimum Gasteiger partial charge on any atom is -0.408 e. The van der Waals surface area contributed by atoms with Gasteiger partial charge in [0.15, 0.2) is 5.58 Å². The fourth-order valence-electron chi connectivity index (χ4n) is 2.96. The molecular formula is C17H26N2O2. The standard InChI is InChI=1S/C17H26N2O2/c1-5-10-18-16(12(6-2)7-3)13-8-9-14-15(11-13)21-17(20)19(14)4/h8-9,11-12,16,18H,5-7,10H2,1-4H3. The lowest BCUT2D eigenvalue weighted by Crippen LogP contribution is -2.28. The van der Waals surface area contributed by atoms with Gasteiger partial charge in [-0.3, -0.25) is 4.57 Å². The highest BCUT2D eigenvalue weighted by Crippen LogP contribution is 2.29. The van der Waals surface area contributed by atoms with Crippen molar-refractivity contribution in [3.8, 4) is 0 Å². The zero-order valence-corrected chi connectivity index (χ0v) is 13.5. The van der Waals surface area contributed by atoms with Crippen molar-refractivity contribution >= 4 is 11.1 Å². The molecule has 4 nitrogen and oxygen atoms in total. The first-order valence-electron chi connectivity index (χ1n) is 7.95. The lowest BCUT2D eigenvalue weighted by atomic mass is 9.88. The third-order valence-electron chi connectivity index (χ3n) is 4.31. The second-order valence-electron chi connectivity index (χ2n) is 5.66. The van der Waals surface area contributed by atoms with E-state index in [2.05, 4.69) is 32.2 Å². The molecule has 0 aliphatic carbocycles. The van der Waals surface area contributed by atoms with Crippen molar-refractivity contribution in [1.82, 2.24) is 9.88 Å². The molecule has 0 aliphatic rings. The normalized spacial score (nSPS) is 13.2. The van der Waals surface area contributed by atoms with E-state index in [9.17, 15) is 4.79 Å². The predicted molar refractivity (Wildman–Crippen MR) is 86.6 cm³/mol. The highest BCUT2D eigenvalue weighted by Gasteiger charge is 2.20. The average Bonchev–Trinajstić information content (AvgIpc) is 2.78.